The summed E-state index contributed by atoms with van der Waals surface area (Å²) < 4.78 is 0. The number of quaternary nitrogens is 1. The van der Waals surface area contributed by atoms with Gasteiger partial charge in [-0.1, -0.05) is 0 Å². The van der Waals surface area contributed by atoms with E-state index >= 15 is 0 Å². The van der Waals surface area contributed by atoms with Gasteiger partial charge in [0.2, 0.25) is 0 Å². The van der Waals surface area contributed by atoms with Gasteiger partial charge in [-0.05, 0) is 19.3 Å². The van der Waals surface area contributed by atoms with E-state index in [-0.39, 0.29) is 10.8 Å². The Bertz CT molecular complexity index is 108. The molecule has 1 saturated carbocycles. The first-order chi connectivity index (χ1) is 4.74. The van der Waals surface area contributed by atoms with Crippen molar-refractivity contribution in [1.29, 1.82) is 0 Å². The Kier molecular flexibility index (Phi) is 3.28. The lowest BCUT2D eigenvalue weighted by atomic mass is 9.89. The topological polar surface area (TPSA) is 27.6 Å². The summed E-state index contributed by atoms with van der Waals surface area (Å²) in [6, 6.07) is 0. The van der Waals surface area contributed by atoms with Crippen LogP contribution in [0.2, 0.25) is 0 Å². The van der Waals surface area contributed by atoms with E-state index in [0.717, 1.165) is 25.3 Å². The van der Waals surface area contributed by atoms with Crippen molar-refractivity contribution in [1.82, 2.24) is 0 Å². The van der Waals surface area contributed by atoms with Gasteiger partial charge in [-0.15, -0.1) is 23.2 Å². The zero-order chi connectivity index (χ0) is 7.56. The maximum Gasteiger partial charge on any atom is 0.0768 e. The second kappa shape index (κ2) is 3.80. The van der Waals surface area contributed by atoms with Gasteiger partial charge in [-0.25, -0.2) is 0 Å². The Morgan fingerprint density at radius 3 is 2.40 bits per heavy atom. The molecule has 3 atom stereocenters. The average Bonchev–Trinajstić information content (AvgIpc) is 1.95. The van der Waals surface area contributed by atoms with Gasteiger partial charge in [0.05, 0.1) is 11.9 Å². The lowest BCUT2D eigenvalue weighted by Gasteiger charge is -2.26. The van der Waals surface area contributed by atoms with E-state index in [1.54, 1.807) is 0 Å². The van der Waals surface area contributed by atoms with Gasteiger partial charge in [0.15, 0.2) is 0 Å². The Balaban J connectivity index is 2.33. The predicted molar refractivity (Wildman–Crippen MR) is 44.4 cm³/mol. The molecule has 0 aromatic rings. The number of hydrogen-bond acceptors (Lipinski definition) is 0. The van der Waals surface area contributed by atoms with Gasteiger partial charge < -0.3 is 5.73 Å². The first kappa shape index (κ1) is 8.63. The summed E-state index contributed by atoms with van der Waals surface area (Å²) >= 11 is 11.9. The summed E-state index contributed by atoms with van der Waals surface area (Å²) in [5.41, 5.74) is 3.87. The van der Waals surface area contributed by atoms with Crippen molar-refractivity contribution in [2.24, 2.45) is 5.92 Å². The van der Waals surface area contributed by atoms with Gasteiger partial charge in [0.25, 0.3) is 0 Å². The van der Waals surface area contributed by atoms with E-state index < -0.39 is 0 Å². The quantitative estimate of drug-likeness (QED) is 0.592. The predicted octanol–water partition coefficient (Wildman–Crippen LogP) is 1.24. The number of hydrogen-bond donors (Lipinski definition) is 1. The van der Waals surface area contributed by atoms with Crippen LogP contribution < -0.4 is 5.73 Å². The molecule has 1 fully saturated rings. The molecule has 60 valence electrons. The normalized spacial score (nSPS) is 41.7. The summed E-state index contributed by atoms with van der Waals surface area (Å²) in [5, 5.41) is 0.381. The minimum Gasteiger partial charge on any atom is -0.357 e. The SMILES string of the molecule is [NH3+]CC1CCC(Cl)C(Cl)C1. The lowest BCUT2D eigenvalue weighted by Crippen LogP contribution is -2.54. The van der Waals surface area contributed by atoms with Crippen molar-refractivity contribution < 1.29 is 5.73 Å². The summed E-state index contributed by atoms with van der Waals surface area (Å²) in [6.07, 6.45) is 3.33. The maximum atomic E-state index is 5.98. The summed E-state index contributed by atoms with van der Waals surface area (Å²) in [6.45, 7) is 1.01. The third-order valence-corrected chi connectivity index (χ3v) is 3.34. The molecule has 1 nitrogen and oxygen atoms in total. The minimum absolute atomic E-state index is 0.183. The molecule has 0 aromatic carbocycles. The summed E-state index contributed by atoms with van der Waals surface area (Å²) in [4.78, 5) is 0. The van der Waals surface area contributed by atoms with Crippen LogP contribution in [0.5, 0.6) is 0 Å². The summed E-state index contributed by atoms with van der Waals surface area (Å²) in [5.74, 6) is 0.720. The van der Waals surface area contributed by atoms with E-state index in [0.29, 0.717) is 0 Å². The van der Waals surface area contributed by atoms with Gasteiger partial charge in [-0.3, -0.25) is 0 Å². The molecule has 1 aliphatic carbocycles. The Labute approximate surface area is 71.9 Å². The number of alkyl halides is 2. The van der Waals surface area contributed by atoms with Crippen molar-refractivity contribution in [2.75, 3.05) is 6.54 Å². The molecule has 0 radical (unpaired) electrons. The van der Waals surface area contributed by atoms with Crippen LogP contribution in [0.1, 0.15) is 19.3 Å². The fraction of sp³-hybridized carbons (Fsp3) is 1.00. The van der Waals surface area contributed by atoms with Crippen molar-refractivity contribution in [3.8, 4) is 0 Å². The molecule has 0 amide bonds. The molecular formula is C7H14Cl2N+. The molecule has 1 rings (SSSR count). The largest absolute Gasteiger partial charge is 0.357 e. The van der Waals surface area contributed by atoms with E-state index in [1.807, 2.05) is 0 Å². The van der Waals surface area contributed by atoms with Crippen LogP contribution in [-0.4, -0.2) is 17.3 Å². The standard InChI is InChI=1S/C7H13Cl2N/c8-6-2-1-5(4-10)3-7(6)9/h5-7H,1-4,10H2/p+1. The molecule has 0 aliphatic heterocycles. The zero-order valence-corrected chi connectivity index (χ0v) is 7.54. The molecule has 0 saturated heterocycles. The molecule has 3 N–H and O–H groups in total. The fourth-order valence-corrected chi connectivity index (χ4v) is 2.03. The smallest absolute Gasteiger partial charge is 0.0768 e. The van der Waals surface area contributed by atoms with Crippen LogP contribution in [0.4, 0.5) is 0 Å². The third-order valence-electron chi connectivity index (χ3n) is 2.21. The first-order valence-corrected chi connectivity index (χ1v) is 4.68. The van der Waals surface area contributed by atoms with E-state index in [4.69, 9.17) is 23.2 Å². The third kappa shape index (κ3) is 2.01. The van der Waals surface area contributed by atoms with Crippen LogP contribution in [0, 0.1) is 5.92 Å². The van der Waals surface area contributed by atoms with Gasteiger partial charge in [-0.2, -0.15) is 0 Å². The van der Waals surface area contributed by atoms with Crippen LogP contribution >= 0.6 is 23.2 Å². The fourth-order valence-electron chi connectivity index (χ4n) is 1.42. The number of rotatable bonds is 1. The first-order valence-electron chi connectivity index (χ1n) is 3.81. The highest BCUT2D eigenvalue weighted by Crippen LogP contribution is 2.30. The molecular weight excluding hydrogens is 169 g/mol. The van der Waals surface area contributed by atoms with Crippen LogP contribution in [0.15, 0.2) is 0 Å². The molecule has 0 bridgehead atoms. The Morgan fingerprint density at radius 2 is 1.90 bits per heavy atom. The molecule has 10 heavy (non-hydrogen) atoms. The summed E-state index contributed by atoms with van der Waals surface area (Å²) in [7, 11) is 0. The second-order valence-corrected chi connectivity index (χ2v) is 4.12. The highest BCUT2D eigenvalue weighted by Gasteiger charge is 2.27. The number of halogens is 2. The van der Waals surface area contributed by atoms with E-state index in [9.17, 15) is 0 Å². The van der Waals surface area contributed by atoms with Crippen LogP contribution in [-0.2, 0) is 0 Å². The highest BCUT2D eigenvalue weighted by atomic mass is 35.5. The minimum atomic E-state index is 0.183. The van der Waals surface area contributed by atoms with Gasteiger partial charge >= 0.3 is 0 Å². The monoisotopic (exact) mass is 182 g/mol. The van der Waals surface area contributed by atoms with Gasteiger partial charge in [0, 0.05) is 11.3 Å². The molecule has 0 aromatic heterocycles. The zero-order valence-electron chi connectivity index (χ0n) is 6.02. The second-order valence-electron chi connectivity index (χ2n) is 3.00. The van der Waals surface area contributed by atoms with Crippen molar-refractivity contribution in [3.63, 3.8) is 0 Å². The van der Waals surface area contributed by atoms with Crippen molar-refractivity contribution in [3.05, 3.63) is 0 Å². The van der Waals surface area contributed by atoms with Gasteiger partial charge in [0.1, 0.15) is 0 Å². The molecule has 3 heteroatoms. The average molecular weight is 183 g/mol. The molecule has 1 aliphatic rings. The maximum absolute atomic E-state index is 5.98. The van der Waals surface area contributed by atoms with Crippen LogP contribution in [0.25, 0.3) is 0 Å². The van der Waals surface area contributed by atoms with Crippen molar-refractivity contribution in [2.45, 2.75) is 30.0 Å². The lowest BCUT2D eigenvalue weighted by molar-refractivity contribution is -0.380. The van der Waals surface area contributed by atoms with E-state index in [1.165, 1.54) is 6.42 Å². The Morgan fingerprint density at radius 1 is 1.20 bits per heavy atom. The van der Waals surface area contributed by atoms with Crippen molar-refractivity contribution >= 4 is 23.2 Å². The van der Waals surface area contributed by atoms with E-state index in [2.05, 4.69) is 5.73 Å². The molecule has 3 unspecified atom stereocenters. The van der Waals surface area contributed by atoms with Crippen LogP contribution in [0.3, 0.4) is 0 Å². The Hall–Kier alpha value is 0.540. The molecule has 0 heterocycles. The molecule has 0 spiro atoms. The highest BCUT2D eigenvalue weighted by molar-refractivity contribution is 6.30.